The molecular formula is C16H26N2S. The topological polar surface area (TPSA) is 15.3 Å². The van der Waals surface area contributed by atoms with Gasteiger partial charge >= 0.3 is 0 Å². The summed E-state index contributed by atoms with van der Waals surface area (Å²) in [6, 6.07) is 10.4. The Labute approximate surface area is 123 Å². The standard InChI is InChI=1S/C16H26N2S/c1-3-5-12-18(13-6-4-2)16(19)17-14-15-10-8-7-9-11-15/h7-11H,3-6,12-14H2,1-2H3,(H,17,19). The highest BCUT2D eigenvalue weighted by atomic mass is 32.1. The van der Waals surface area contributed by atoms with Crippen LogP contribution in [0.5, 0.6) is 0 Å². The monoisotopic (exact) mass is 278 g/mol. The van der Waals surface area contributed by atoms with Gasteiger partial charge in [-0.25, -0.2) is 0 Å². The van der Waals surface area contributed by atoms with Crippen molar-refractivity contribution in [1.82, 2.24) is 10.2 Å². The third kappa shape index (κ3) is 6.58. The fourth-order valence-electron chi connectivity index (χ4n) is 1.90. The zero-order chi connectivity index (χ0) is 13.9. The first-order chi connectivity index (χ1) is 9.27. The van der Waals surface area contributed by atoms with Crippen molar-refractivity contribution in [2.75, 3.05) is 13.1 Å². The Morgan fingerprint density at radius 1 is 1.05 bits per heavy atom. The van der Waals surface area contributed by atoms with Gasteiger partial charge in [-0.3, -0.25) is 0 Å². The molecule has 0 fully saturated rings. The Balaban J connectivity index is 2.41. The van der Waals surface area contributed by atoms with Crippen LogP contribution in [0.2, 0.25) is 0 Å². The fraction of sp³-hybridized carbons (Fsp3) is 0.562. The number of hydrogen-bond donors (Lipinski definition) is 1. The molecule has 0 unspecified atom stereocenters. The lowest BCUT2D eigenvalue weighted by Gasteiger charge is -2.25. The molecule has 0 aliphatic carbocycles. The van der Waals surface area contributed by atoms with Crippen LogP contribution < -0.4 is 5.32 Å². The van der Waals surface area contributed by atoms with Crippen molar-refractivity contribution in [2.24, 2.45) is 0 Å². The minimum Gasteiger partial charge on any atom is -0.358 e. The van der Waals surface area contributed by atoms with Crippen LogP contribution in [0.15, 0.2) is 30.3 Å². The first kappa shape index (κ1) is 16.0. The van der Waals surface area contributed by atoms with E-state index in [1.54, 1.807) is 0 Å². The molecule has 1 aromatic carbocycles. The maximum atomic E-state index is 5.52. The van der Waals surface area contributed by atoms with Gasteiger partial charge in [0.15, 0.2) is 5.11 Å². The van der Waals surface area contributed by atoms with Gasteiger partial charge in [0, 0.05) is 19.6 Å². The zero-order valence-corrected chi connectivity index (χ0v) is 13.0. The first-order valence-electron chi connectivity index (χ1n) is 7.34. The van der Waals surface area contributed by atoms with Crippen LogP contribution in [0.4, 0.5) is 0 Å². The van der Waals surface area contributed by atoms with Gasteiger partial charge in [-0.2, -0.15) is 0 Å². The van der Waals surface area contributed by atoms with Gasteiger partial charge in [0.05, 0.1) is 0 Å². The van der Waals surface area contributed by atoms with Crippen LogP contribution in [0.25, 0.3) is 0 Å². The maximum Gasteiger partial charge on any atom is 0.169 e. The molecule has 1 rings (SSSR count). The molecule has 0 amide bonds. The lowest BCUT2D eigenvalue weighted by molar-refractivity contribution is 0.392. The van der Waals surface area contributed by atoms with Gasteiger partial charge < -0.3 is 10.2 Å². The van der Waals surface area contributed by atoms with E-state index in [1.807, 2.05) is 6.07 Å². The SMILES string of the molecule is CCCCN(CCCC)C(=S)NCc1ccccc1. The minimum atomic E-state index is 0.814. The highest BCUT2D eigenvalue weighted by Crippen LogP contribution is 2.02. The molecule has 0 aromatic heterocycles. The Hall–Kier alpha value is -1.09. The van der Waals surface area contributed by atoms with Crippen LogP contribution >= 0.6 is 12.2 Å². The summed E-state index contributed by atoms with van der Waals surface area (Å²) < 4.78 is 0. The first-order valence-corrected chi connectivity index (χ1v) is 7.75. The third-order valence-corrected chi connectivity index (χ3v) is 3.54. The normalized spacial score (nSPS) is 10.2. The largest absolute Gasteiger partial charge is 0.358 e. The highest BCUT2D eigenvalue weighted by Gasteiger charge is 2.07. The smallest absolute Gasteiger partial charge is 0.169 e. The Bertz CT molecular complexity index is 343. The van der Waals surface area contributed by atoms with Crippen molar-refractivity contribution < 1.29 is 0 Å². The summed E-state index contributed by atoms with van der Waals surface area (Å²) in [4.78, 5) is 2.31. The summed E-state index contributed by atoms with van der Waals surface area (Å²) in [5, 5.41) is 4.27. The molecule has 0 spiro atoms. The second-order valence-electron chi connectivity index (χ2n) is 4.84. The van der Waals surface area contributed by atoms with Gasteiger partial charge in [0.25, 0.3) is 0 Å². The molecule has 0 radical (unpaired) electrons. The summed E-state index contributed by atoms with van der Waals surface area (Å²) in [5.74, 6) is 0. The molecule has 0 atom stereocenters. The predicted octanol–water partition coefficient (Wildman–Crippen LogP) is 3.96. The van der Waals surface area contributed by atoms with E-state index in [0.29, 0.717) is 0 Å². The Morgan fingerprint density at radius 3 is 2.16 bits per heavy atom. The molecule has 0 saturated heterocycles. The van der Waals surface area contributed by atoms with E-state index in [-0.39, 0.29) is 0 Å². The van der Waals surface area contributed by atoms with Crippen molar-refractivity contribution >= 4 is 17.3 Å². The van der Waals surface area contributed by atoms with Crippen LogP contribution in [0, 0.1) is 0 Å². The summed E-state index contributed by atoms with van der Waals surface area (Å²) in [7, 11) is 0. The van der Waals surface area contributed by atoms with Gasteiger partial charge in [0.2, 0.25) is 0 Å². The van der Waals surface area contributed by atoms with E-state index in [2.05, 4.69) is 48.3 Å². The molecule has 1 aromatic rings. The van der Waals surface area contributed by atoms with Gasteiger partial charge in [-0.15, -0.1) is 0 Å². The highest BCUT2D eigenvalue weighted by molar-refractivity contribution is 7.80. The van der Waals surface area contributed by atoms with Crippen molar-refractivity contribution in [1.29, 1.82) is 0 Å². The Kier molecular flexibility index (Phi) is 8.23. The van der Waals surface area contributed by atoms with E-state index < -0.39 is 0 Å². The second-order valence-corrected chi connectivity index (χ2v) is 5.23. The quantitative estimate of drug-likeness (QED) is 0.725. The van der Waals surface area contributed by atoms with Gasteiger partial charge in [0.1, 0.15) is 0 Å². The van der Waals surface area contributed by atoms with Crippen molar-refractivity contribution in [3.8, 4) is 0 Å². The summed E-state index contributed by atoms with van der Waals surface area (Å²) in [6.07, 6.45) is 4.83. The number of nitrogens with zero attached hydrogens (tertiary/aromatic N) is 1. The average Bonchev–Trinajstić information content (AvgIpc) is 2.46. The van der Waals surface area contributed by atoms with E-state index in [0.717, 1.165) is 24.7 Å². The molecule has 2 nitrogen and oxygen atoms in total. The zero-order valence-electron chi connectivity index (χ0n) is 12.2. The molecule has 0 bridgehead atoms. The number of benzene rings is 1. The number of rotatable bonds is 8. The summed E-state index contributed by atoms with van der Waals surface area (Å²) >= 11 is 5.52. The summed E-state index contributed by atoms with van der Waals surface area (Å²) in [6.45, 7) is 7.39. The van der Waals surface area contributed by atoms with Crippen LogP contribution in [0.1, 0.15) is 45.1 Å². The lowest BCUT2D eigenvalue weighted by atomic mass is 10.2. The number of unbranched alkanes of at least 4 members (excludes halogenated alkanes) is 2. The van der Waals surface area contributed by atoms with E-state index in [1.165, 1.54) is 31.2 Å². The maximum absolute atomic E-state index is 5.52. The van der Waals surface area contributed by atoms with Crippen molar-refractivity contribution in [2.45, 2.75) is 46.1 Å². The van der Waals surface area contributed by atoms with Crippen molar-refractivity contribution in [3.05, 3.63) is 35.9 Å². The average molecular weight is 278 g/mol. The number of hydrogen-bond acceptors (Lipinski definition) is 1. The lowest BCUT2D eigenvalue weighted by Crippen LogP contribution is -2.40. The molecule has 0 aliphatic rings. The molecule has 106 valence electrons. The van der Waals surface area contributed by atoms with Gasteiger partial charge in [-0.1, -0.05) is 57.0 Å². The van der Waals surface area contributed by atoms with E-state index in [9.17, 15) is 0 Å². The van der Waals surface area contributed by atoms with Crippen LogP contribution in [-0.4, -0.2) is 23.1 Å². The molecule has 0 heterocycles. The van der Waals surface area contributed by atoms with E-state index in [4.69, 9.17) is 12.2 Å². The van der Waals surface area contributed by atoms with Crippen LogP contribution in [0.3, 0.4) is 0 Å². The number of thiocarbonyl (C=S) groups is 1. The predicted molar refractivity (Wildman–Crippen MR) is 87.3 cm³/mol. The summed E-state index contributed by atoms with van der Waals surface area (Å²) in [5.41, 5.74) is 1.27. The molecule has 3 heteroatoms. The van der Waals surface area contributed by atoms with Crippen LogP contribution in [-0.2, 0) is 6.54 Å². The third-order valence-electron chi connectivity index (χ3n) is 3.14. The molecular weight excluding hydrogens is 252 g/mol. The van der Waals surface area contributed by atoms with Gasteiger partial charge in [-0.05, 0) is 30.6 Å². The molecule has 1 N–H and O–H groups in total. The minimum absolute atomic E-state index is 0.814. The number of nitrogens with one attached hydrogen (secondary N) is 1. The molecule has 0 aliphatic heterocycles. The van der Waals surface area contributed by atoms with Crippen molar-refractivity contribution in [3.63, 3.8) is 0 Å². The Morgan fingerprint density at radius 2 is 1.63 bits per heavy atom. The van der Waals surface area contributed by atoms with E-state index >= 15 is 0 Å². The fourth-order valence-corrected chi connectivity index (χ4v) is 2.15. The molecule has 19 heavy (non-hydrogen) atoms. The molecule has 0 saturated carbocycles. The second kappa shape index (κ2) is 9.79.